The van der Waals surface area contributed by atoms with Crippen molar-refractivity contribution in [2.24, 2.45) is 0 Å². The second-order valence-electron chi connectivity index (χ2n) is 5.20. The summed E-state index contributed by atoms with van der Waals surface area (Å²) >= 11 is 3.55. The lowest BCUT2D eigenvalue weighted by Crippen LogP contribution is -2.29. The fraction of sp³-hybridized carbons (Fsp3) is 0.412. The van der Waals surface area contributed by atoms with E-state index >= 15 is 0 Å². The fourth-order valence-corrected chi connectivity index (χ4v) is 3.18. The van der Waals surface area contributed by atoms with E-state index in [2.05, 4.69) is 59.4 Å². The van der Waals surface area contributed by atoms with Gasteiger partial charge in [0.25, 0.3) is 0 Å². The van der Waals surface area contributed by atoms with Crippen LogP contribution in [0.4, 0.5) is 5.82 Å². The molecule has 0 fully saturated rings. The zero-order valence-corrected chi connectivity index (χ0v) is 14.7. The molecule has 3 nitrogen and oxygen atoms in total. The number of nitrogens with one attached hydrogen (secondary N) is 1. The van der Waals surface area contributed by atoms with Gasteiger partial charge < -0.3 is 5.32 Å². The molecule has 0 atom stereocenters. The minimum Gasteiger partial charge on any atom is -0.372 e. The third kappa shape index (κ3) is 2.82. The molecule has 0 saturated heterocycles. The zero-order chi connectivity index (χ0) is 15.5. The van der Waals surface area contributed by atoms with Gasteiger partial charge in [-0.1, -0.05) is 44.2 Å². The van der Waals surface area contributed by atoms with Crippen molar-refractivity contribution < 1.29 is 0 Å². The van der Waals surface area contributed by atoms with Crippen LogP contribution in [0.5, 0.6) is 0 Å². The van der Waals surface area contributed by atoms with Crippen LogP contribution in [-0.2, 0) is 5.41 Å². The maximum absolute atomic E-state index is 4.77. The maximum Gasteiger partial charge on any atom is 0.144 e. The highest BCUT2D eigenvalue weighted by Gasteiger charge is 2.34. The molecule has 21 heavy (non-hydrogen) atoms. The smallest absolute Gasteiger partial charge is 0.144 e. The maximum atomic E-state index is 4.77. The highest BCUT2D eigenvalue weighted by Crippen LogP contribution is 2.38. The summed E-state index contributed by atoms with van der Waals surface area (Å²) in [5.41, 5.74) is 2.10. The van der Waals surface area contributed by atoms with Gasteiger partial charge in [0.1, 0.15) is 11.6 Å². The van der Waals surface area contributed by atoms with Gasteiger partial charge in [-0.2, -0.15) is 0 Å². The lowest BCUT2D eigenvalue weighted by atomic mass is 9.75. The van der Waals surface area contributed by atoms with Crippen molar-refractivity contribution in [2.75, 3.05) is 12.4 Å². The van der Waals surface area contributed by atoms with Crippen LogP contribution in [0.3, 0.4) is 0 Å². The molecule has 0 unspecified atom stereocenters. The molecule has 2 aromatic rings. The number of hydrogen-bond donors (Lipinski definition) is 1. The van der Waals surface area contributed by atoms with Crippen LogP contribution in [0, 0.1) is 6.92 Å². The summed E-state index contributed by atoms with van der Waals surface area (Å²) in [4.78, 5) is 9.55. The van der Waals surface area contributed by atoms with Crippen LogP contribution in [0.15, 0.2) is 34.8 Å². The Labute approximate surface area is 135 Å². The molecule has 0 spiro atoms. The summed E-state index contributed by atoms with van der Waals surface area (Å²) in [7, 11) is 1.89. The molecule has 1 N–H and O–H groups in total. The van der Waals surface area contributed by atoms with Crippen LogP contribution in [0.1, 0.15) is 43.8 Å². The minimum atomic E-state index is -0.141. The van der Waals surface area contributed by atoms with Crippen LogP contribution in [0.2, 0.25) is 0 Å². The van der Waals surface area contributed by atoms with E-state index in [0.717, 1.165) is 34.7 Å². The van der Waals surface area contributed by atoms with Crippen molar-refractivity contribution in [3.63, 3.8) is 0 Å². The Morgan fingerprint density at radius 3 is 2.24 bits per heavy atom. The standard InChI is InChI=1S/C17H22BrN3/c1-5-17(6-2,13-10-8-7-9-11-13)16-20-12(3)14(18)15(19-4)21-16/h7-11H,5-6H2,1-4H3,(H,19,20,21). The zero-order valence-electron chi connectivity index (χ0n) is 13.1. The van der Waals surface area contributed by atoms with Gasteiger partial charge in [-0.05, 0) is 41.3 Å². The first-order valence-electron chi connectivity index (χ1n) is 7.37. The second-order valence-corrected chi connectivity index (χ2v) is 5.99. The molecule has 112 valence electrons. The van der Waals surface area contributed by atoms with Gasteiger partial charge >= 0.3 is 0 Å². The number of anilines is 1. The van der Waals surface area contributed by atoms with Crippen molar-refractivity contribution in [1.29, 1.82) is 0 Å². The minimum absolute atomic E-state index is 0.141. The lowest BCUT2D eigenvalue weighted by Gasteiger charge is -2.31. The summed E-state index contributed by atoms with van der Waals surface area (Å²) in [5.74, 6) is 1.74. The van der Waals surface area contributed by atoms with Gasteiger partial charge in [-0.15, -0.1) is 0 Å². The average molecular weight is 348 g/mol. The van der Waals surface area contributed by atoms with E-state index in [1.807, 2.05) is 20.0 Å². The van der Waals surface area contributed by atoms with Gasteiger partial charge in [-0.3, -0.25) is 0 Å². The molecule has 0 radical (unpaired) electrons. The Hall–Kier alpha value is -1.42. The van der Waals surface area contributed by atoms with Gasteiger partial charge in [0.05, 0.1) is 15.6 Å². The normalized spacial score (nSPS) is 11.5. The number of aryl methyl sites for hydroxylation is 1. The van der Waals surface area contributed by atoms with Gasteiger partial charge in [0.15, 0.2) is 0 Å². The van der Waals surface area contributed by atoms with E-state index < -0.39 is 0 Å². The van der Waals surface area contributed by atoms with Crippen molar-refractivity contribution >= 4 is 21.7 Å². The third-order valence-corrected chi connectivity index (χ3v) is 5.16. The molecule has 0 aliphatic carbocycles. The summed E-state index contributed by atoms with van der Waals surface area (Å²) < 4.78 is 0.933. The predicted molar refractivity (Wildman–Crippen MR) is 91.8 cm³/mol. The molecule has 4 heteroatoms. The predicted octanol–water partition coefficient (Wildman–Crippen LogP) is 4.70. The molecule has 0 aliphatic heterocycles. The molecular formula is C17H22BrN3. The monoisotopic (exact) mass is 347 g/mol. The number of nitrogens with zero attached hydrogens (tertiary/aromatic N) is 2. The van der Waals surface area contributed by atoms with Crippen molar-refractivity contribution in [3.05, 3.63) is 51.9 Å². The first-order chi connectivity index (χ1) is 10.1. The number of benzene rings is 1. The quantitative estimate of drug-likeness (QED) is 0.851. The SMILES string of the molecule is CCC(CC)(c1ccccc1)c1nc(C)c(Br)c(NC)n1. The number of aromatic nitrogens is 2. The van der Waals surface area contributed by atoms with Crippen LogP contribution in [0.25, 0.3) is 0 Å². The van der Waals surface area contributed by atoms with Crippen molar-refractivity contribution in [1.82, 2.24) is 9.97 Å². The second kappa shape index (κ2) is 6.56. The van der Waals surface area contributed by atoms with E-state index in [1.165, 1.54) is 5.56 Å². The first-order valence-corrected chi connectivity index (χ1v) is 8.16. The van der Waals surface area contributed by atoms with Gasteiger partial charge in [0, 0.05) is 7.05 Å². The van der Waals surface area contributed by atoms with Crippen molar-refractivity contribution in [3.8, 4) is 0 Å². The third-order valence-electron chi connectivity index (χ3n) is 4.22. The Morgan fingerprint density at radius 1 is 1.10 bits per heavy atom. The highest BCUT2D eigenvalue weighted by atomic mass is 79.9. The number of rotatable bonds is 5. The Bertz CT molecular complexity index is 607. The first kappa shape index (κ1) is 16.0. The largest absolute Gasteiger partial charge is 0.372 e. The highest BCUT2D eigenvalue weighted by molar-refractivity contribution is 9.10. The molecule has 1 heterocycles. The fourth-order valence-electron chi connectivity index (χ4n) is 2.80. The molecule has 0 aliphatic rings. The molecule has 1 aromatic heterocycles. The van der Waals surface area contributed by atoms with E-state index in [-0.39, 0.29) is 5.41 Å². The van der Waals surface area contributed by atoms with Crippen LogP contribution in [-0.4, -0.2) is 17.0 Å². The molecule has 1 aromatic carbocycles. The Balaban J connectivity index is 2.66. The number of hydrogen-bond acceptors (Lipinski definition) is 3. The van der Waals surface area contributed by atoms with E-state index in [9.17, 15) is 0 Å². The Morgan fingerprint density at radius 2 is 1.71 bits per heavy atom. The number of halogens is 1. The molecular weight excluding hydrogens is 326 g/mol. The van der Waals surface area contributed by atoms with E-state index in [4.69, 9.17) is 9.97 Å². The summed E-state index contributed by atoms with van der Waals surface area (Å²) in [6, 6.07) is 10.6. The molecule has 0 amide bonds. The van der Waals surface area contributed by atoms with Crippen LogP contribution < -0.4 is 5.32 Å². The van der Waals surface area contributed by atoms with Gasteiger partial charge in [-0.25, -0.2) is 9.97 Å². The van der Waals surface area contributed by atoms with Gasteiger partial charge in [0.2, 0.25) is 0 Å². The topological polar surface area (TPSA) is 37.8 Å². The molecule has 0 bridgehead atoms. The average Bonchev–Trinajstić information content (AvgIpc) is 2.53. The Kier molecular flexibility index (Phi) is 4.99. The summed E-state index contributed by atoms with van der Waals surface area (Å²) in [6.45, 7) is 6.42. The molecule has 2 rings (SSSR count). The van der Waals surface area contributed by atoms with E-state index in [1.54, 1.807) is 0 Å². The lowest BCUT2D eigenvalue weighted by molar-refractivity contribution is 0.448. The van der Waals surface area contributed by atoms with E-state index in [0.29, 0.717) is 0 Å². The summed E-state index contributed by atoms with van der Waals surface area (Å²) in [6.07, 6.45) is 1.94. The molecule has 0 saturated carbocycles. The van der Waals surface area contributed by atoms with Crippen LogP contribution >= 0.6 is 15.9 Å². The van der Waals surface area contributed by atoms with Crippen molar-refractivity contribution in [2.45, 2.75) is 39.0 Å². The summed E-state index contributed by atoms with van der Waals surface area (Å²) in [5, 5.41) is 3.15.